The molecule has 1 atom stereocenters. The molecule has 0 spiro atoms. The molecular formula is C16H15NO4. The molecular weight excluding hydrogens is 270 g/mol. The molecule has 1 aliphatic heterocycles. The zero-order valence-electron chi connectivity index (χ0n) is 11.6. The van der Waals surface area contributed by atoms with Crippen molar-refractivity contribution in [1.82, 2.24) is 5.32 Å². The number of ether oxygens (including phenoxy) is 1. The third-order valence-corrected chi connectivity index (χ3v) is 3.57. The number of amides is 1. The third-order valence-electron chi connectivity index (χ3n) is 3.57. The molecule has 0 aliphatic carbocycles. The van der Waals surface area contributed by atoms with Crippen LogP contribution in [0.5, 0.6) is 0 Å². The van der Waals surface area contributed by atoms with Gasteiger partial charge in [-0.1, -0.05) is 18.2 Å². The number of hydrogen-bond donors (Lipinski definition) is 1. The second-order valence-corrected chi connectivity index (χ2v) is 5.22. The van der Waals surface area contributed by atoms with E-state index in [2.05, 4.69) is 5.32 Å². The van der Waals surface area contributed by atoms with Crippen LogP contribution in [-0.4, -0.2) is 17.5 Å². The molecule has 5 nitrogen and oxygen atoms in total. The van der Waals surface area contributed by atoms with E-state index in [0.29, 0.717) is 17.7 Å². The SMILES string of the molecule is CC1(C(=O)NCc2ccco2)Cc2ccccc2C(=O)O1. The fraction of sp³-hybridized carbons (Fsp3) is 0.250. The van der Waals surface area contributed by atoms with E-state index in [0.717, 1.165) is 5.56 Å². The number of hydrogen-bond acceptors (Lipinski definition) is 4. The van der Waals surface area contributed by atoms with Gasteiger partial charge in [-0.15, -0.1) is 0 Å². The maximum Gasteiger partial charge on any atom is 0.339 e. The van der Waals surface area contributed by atoms with E-state index in [4.69, 9.17) is 9.15 Å². The lowest BCUT2D eigenvalue weighted by molar-refractivity contribution is -0.140. The van der Waals surface area contributed by atoms with Crippen LogP contribution in [0, 0.1) is 0 Å². The predicted molar refractivity (Wildman–Crippen MR) is 74.5 cm³/mol. The van der Waals surface area contributed by atoms with Gasteiger partial charge in [0.15, 0.2) is 5.60 Å². The van der Waals surface area contributed by atoms with Crippen molar-refractivity contribution in [2.45, 2.75) is 25.5 Å². The number of furan rings is 1. The van der Waals surface area contributed by atoms with Gasteiger partial charge in [-0.05, 0) is 30.7 Å². The highest BCUT2D eigenvalue weighted by Crippen LogP contribution is 2.28. The summed E-state index contributed by atoms with van der Waals surface area (Å²) in [5.41, 5.74) is 0.149. The van der Waals surface area contributed by atoms with Crippen LogP contribution in [0.1, 0.15) is 28.6 Å². The molecule has 1 N–H and O–H groups in total. The maximum absolute atomic E-state index is 12.3. The highest BCUT2D eigenvalue weighted by atomic mass is 16.6. The van der Waals surface area contributed by atoms with Gasteiger partial charge in [-0.25, -0.2) is 4.79 Å². The summed E-state index contributed by atoms with van der Waals surface area (Å²) in [6.07, 6.45) is 1.90. The van der Waals surface area contributed by atoms with Gasteiger partial charge in [-0.3, -0.25) is 4.79 Å². The first-order valence-electron chi connectivity index (χ1n) is 6.70. The zero-order valence-corrected chi connectivity index (χ0v) is 11.6. The van der Waals surface area contributed by atoms with Crippen molar-refractivity contribution in [2.75, 3.05) is 0 Å². The quantitative estimate of drug-likeness (QED) is 0.877. The molecule has 5 heteroatoms. The molecule has 0 fully saturated rings. The summed E-state index contributed by atoms with van der Waals surface area (Å²) in [6.45, 7) is 1.89. The third kappa shape index (κ3) is 2.54. The summed E-state index contributed by atoms with van der Waals surface area (Å²) < 4.78 is 10.5. The van der Waals surface area contributed by atoms with Gasteiger partial charge in [0.05, 0.1) is 18.4 Å². The second kappa shape index (κ2) is 5.09. The summed E-state index contributed by atoms with van der Waals surface area (Å²) >= 11 is 0. The number of fused-ring (bicyclic) bond motifs is 1. The average Bonchev–Trinajstić information content (AvgIpc) is 2.98. The molecule has 1 aliphatic rings. The minimum Gasteiger partial charge on any atom is -0.467 e. The molecule has 2 aromatic rings. The van der Waals surface area contributed by atoms with Crippen molar-refractivity contribution in [1.29, 1.82) is 0 Å². The van der Waals surface area contributed by atoms with Gasteiger partial charge >= 0.3 is 5.97 Å². The molecule has 1 amide bonds. The molecule has 21 heavy (non-hydrogen) atoms. The largest absolute Gasteiger partial charge is 0.467 e. The van der Waals surface area contributed by atoms with Crippen molar-refractivity contribution in [3.05, 3.63) is 59.5 Å². The van der Waals surface area contributed by atoms with Gasteiger partial charge in [0.25, 0.3) is 5.91 Å². The number of esters is 1. The van der Waals surface area contributed by atoms with Crippen molar-refractivity contribution >= 4 is 11.9 Å². The zero-order chi connectivity index (χ0) is 14.9. The van der Waals surface area contributed by atoms with E-state index in [-0.39, 0.29) is 12.5 Å². The number of carbonyl (C=O) groups is 2. The Kier molecular flexibility index (Phi) is 3.25. The fourth-order valence-corrected chi connectivity index (χ4v) is 2.43. The van der Waals surface area contributed by atoms with Gasteiger partial charge in [-0.2, -0.15) is 0 Å². The Bertz CT molecular complexity index is 677. The van der Waals surface area contributed by atoms with Crippen LogP contribution in [0.25, 0.3) is 0 Å². The Morgan fingerprint density at radius 2 is 2.10 bits per heavy atom. The van der Waals surface area contributed by atoms with Crippen molar-refractivity contribution < 1.29 is 18.7 Å². The van der Waals surface area contributed by atoms with Crippen LogP contribution in [0.3, 0.4) is 0 Å². The van der Waals surface area contributed by atoms with Crippen molar-refractivity contribution in [2.24, 2.45) is 0 Å². The highest BCUT2D eigenvalue weighted by molar-refractivity contribution is 5.97. The van der Waals surface area contributed by atoms with E-state index >= 15 is 0 Å². The number of carbonyl (C=O) groups excluding carboxylic acids is 2. The van der Waals surface area contributed by atoms with Gasteiger partial charge in [0, 0.05) is 6.42 Å². The van der Waals surface area contributed by atoms with Crippen molar-refractivity contribution in [3.8, 4) is 0 Å². The Morgan fingerprint density at radius 3 is 2.86 bits per heavy atom. The van der Waals surface area contributed by atoms with Crippen LogP contribution in [0.2, 0.25) is 0 Å². The maximum atomic E-state index is 12.3. The van der Waals surface area contributed by atoms with E-state index in [1.54, 1.807) is 37.5 Å². The van der Waals surface area contributed by atoms with Crippen LogP contribution >= 0.6 is 0 Å². The molecule has 1 aromatic carbocycles. The standard InChI is InChI=1S/C16H15NO4/c1-16(15(19)17-10-12-6-4-8-20-12)9-11-5-2-3-7-13(11)14(18)21-16/h2-8H,9-10H2,1H3,(H,17,19). The first-order chi connectivity index (χ1) is 10.1. The lowest BCUT2D eigenvalue weighted by Gasteiger charge is -2.32. The van der Waals surface area contributed by atoms with Crippen LogP contribution in [0.15, 0.2) is 47.1 Å². The second-order valence-electron chi connectivity index (χ2n) is 5.22. The van der Waals surface area contributed by atoms with Crippen LogP contribution < -0.4 is 5.32 Å². The molecule has 108 valence electrons. The Morgan fingerprint density at radius 1 is 1.29 bits per heavy atom. The molecule has 0 saturated carbocycles. The molecule has 0 radical (unpaired) electrons. The predicted octanol–water partition coefficient (Wildman–Crippen LogP) is 2.07. The van der Waals surface area contributed by atoms with E-state index in [1.807, 2.05) is 12.1 Å². The minimum absolute atomic E-state index is 0.265. The topological polar surface area (TPSA) is 68.5 Å². The summed E-state index contributed by atoms with van der Waals surface area (Å²) in [7, 11) is 0. The number of cyclic esters (lactones) is 1. The van der Waals surface area contributed by atoms with E-state index < -0.39 is 11.6 Å². The number of nitrogens with one attached hydrogen (secondary N) is 1. The number of rotatable bonds is 3. The van der Waals surface area contributed by atoms with Gasteiger partial charge in [0.2, 0.25) is 0 Å². The first-order valence-corrected chi connectivity index (χ1v) is 6.70. The van der Waals surface area contributed by atoms with Crippen LogP contribution in [0.4, 0.5) is 0 Å². The lowest BCUT2D eigenvalue weighted by Crippen LogP contribution is -2.51. The average molecular weight is 285 g/mol. The van der Waals surface area contributed by atoms with E-state index in [9.17, 15) is 9.59 Å². The Hall–Kier alpha value is -2.56. The summed E-state index contributed by atoms with van der Waals surface area (Å²) in [4.78, 5) is 24.4. The van der Waals surface area contributed by atoms with Gasteiger partial charge in [0.1, 0.15) is 5.76 Å². The van der Waals surface area contributed by atoms with Crippen LogP contribution in [-0.2, 0) is 22.5 Å². The minimum atomic E-state index is -1.20. The Balaban J connectivity index is 1.75. The molecule has 1 unspecified atom stereocenters. The molecule has 1 aromatic heterocycles. The molecule has 2 heterocycles. The smallest absolute Gasteiger partial charge is 0.339 e. The molecule has 0 bridgehead atoms. The Labute approximate surface area is 121 Å². The summed E-state index contributed by atoms with van der Waals surface area (Å²) in [5.74, 6) is -0.149. The summed E-state index contributed by atoms with van der Waals surface area (Å²) in [5, 5.41) is 2.74. The first kappa shape index (κ1) is 13.4. The molecule has 3 rings (SSSR count). The number of benzene rings is 1. The lowest BCUT2D eigenvalue weighted by atomic mass is 9.89. The fourth-order valence-electron chi connectivity index (χ4n) is 2.43. The van der Waals surface area contributed by atoms with Crippen molar-refractivity contribution in [3.63, 3.8) is 0 Å². The van der Waals surface area contributed by atoms with Gasteiger partial charge < -0.3 is 14.5 Å². The highest BCUT2D eigenvalue weighted by Gasteiger charge is 2.42. The normalized spacial score (nSPS) is 20.5. The molecule has 0 saturated heterocycles. The van der Waals surface area contributed by atoms with E-state index in [1.165, 1.54) is 0 Å². The summed E-state index contributed by atoms with van der Waals surface area (Å²) in [6, 6.07) is 10.7. The monoisotopic (exact) mass is 285 g/mol.